The maximum Gasteiger partial charge on any atom is -0.0352 e. The van der Waals surface area contributed by atoms with Gasteiger partial charge in [0.25, 0.3) is 0 Å². The minimum Gasteiger partial charge on any atom is -0.0528 e. The van der Waals surface area contributed by atoms with Gasteiger partial charge in [-0.1, -0.05) is 25.7 Å². The van der Waals surface area contributed by atoms with Crippen LogP contribution in [0.4, 0.5) is 0 Å². The van der Waals surface area contributed by atoms with Gasteiger partial charge in [0.2, 0.25) is 0 Å². The predicted molar refractivity (Wildman–Crippen MR) is 30.9 cm³/mol. The van der Waals surface area contributed by atoms with Crippen molar-refractivity contribution in [3.63, 3.8) is 0 Å². The molecule has 0 spiro atoms. The van der Waals surface area contributed by atoms with Crippen LogP contribution >= 0.6 is 0 Å². The van der Waals surface area contributed by atoms with E-state index in [9.17, 15) is 0 Å². The van der Waals surface area contributed by atoms with E-state index in [0.29, 0.717) is 0 Å². The molecule has 0 N–H and O–H groups in total. The third-order valence-corrected chi connectivity index (χ3v) is 1.80. The van der Waals surface area contributed by atoms with Gasteiger partial charge in [-0.05, 0) is 19.3 Å². The highest BCUT2D eigenvalue weighted by molar-refractivity contribution is 4.69. The van der Waals surface area contributed by atoms with Gasteiger partial charge in [0.1, 0.15) is 0 Å². The van der Waals surface area contributed by atoms with Crippen molar-refractivity contribution in [3.05, 3.63) is 6.92 Å². The Balaban J connectivity index is 1.93. The minimum absolute atomic E-state index is 0.894. The van der Waals surface area contributed by atoms with Gasteiger partial charge in [-0.15, -0.1) is 0 Å². The van der Waals surface area contributed by atoms with E-state index in [0.717, 1.165) is 12.3 Å². The Morgan fingerprint density at radius 2 is 2.14 bits per heavy atom. The molecule has 0 nitrogen and oxygen atoms in total. The Kier molecular flexibility index (Phi) is 1.72. The molecular weight excluding hydrogens is 84.1 g/mol. The van der Waals surface area contributed by atoms with Crippen molar-refractivity contribution in [2.24, 2.45) is 5.92 Å². The molecule has 1 rings (SSSR count). The van der Waals surface area contributed by atoms with Crippen LogP contribution in [0.25, 0.3) is 0 Å². The molecule has 0 aromatic carbocycles. The molecule has 0 aliphatic heterocycles. The summed E-state index contributed by atoms with van der Waals surface area (Å²) in [7, 11) is 0. The largest absolute Gasteiger partial charge is 0.0528 e. The molecule has 1 fully saturated rings. The van der Waals surface area contributed by atoms with Crippen molar-refractivity contribution in [2.45, 2.75) is 32.1 Å². The third kappa shape index (κ3) is 1.19. The molecule has 2 radical (unpaired) electrons. The lowest BCUT2D eigenvalue weighted by atomic mass is 9.82. The summed E-state index contributed by atoms with van der Waals surface area (Å²) < 4.78 is 0. The van der Waals surface area contributed by atoms with Gasteiger partial charge in [0.05, 0.1) is 0 Å². The van der Waals surface area contributed by atoms with Gasteiger partial charge < -0.3 is 0 Å². The summed E-state index contributed by atoms with van der Waals surface area (Å²) >= 11 is 0. The summed E-state index contributed by atoms with van der Waals surface area (Å²) in [6, 6.07) is 0. The van der Waals surface area contributed by atoms with Crippen molar-refractivity contribution in [1.29, 1.82) is 0 Å². The summed E-state index contributed by atoms with van der Waals surface area (Å²) in [5, 5.41) is 0. The zero-order valence-corrected chi connectivity index (χ0v) is 4.69. The van der Waals surface area contributed by atoms with E-state index in [4.69, 9.17) is 6.92 Å². The molecule has 0 amide bonds. The van der Waals surface area contributed by atoms with Gasteiger partial charge in [0, 0.05) is 0 Å². The van der Waals surface area contributed by atoms with Crippen molar-refractivity contribution < 1.29 is 0 Å². The SMILES string of the molecule is [CH]CCC1CCC1. The summed E-state index contributed by atoms with van der Waals surface area (Å²) in [4.78, 5) is 0. The second-order valence-electron chi connectivity index (χ2n) is 2.37. The zero-order valence-electron chi connectivity index (χ0n) is 4.69. The average molecular weight is 96.2 g/mol. The Hall–Kier alpha value is 0. The molecule has 7 heavy (non-hydrogen) atoms. The van der Waals surface area contributed by atoms with E-state index in [1.54, 1.807) is 0 Å². The van der Waals surface area contributed by atoms with Crippen molar-refractivity contribution in [1.82, 2.24) is 0 Å². The lowest BCUT2D eigenvalue weighted by Gasteiger charge is -2.24. The Labute approximate surface area is 45.9 Å². The molecule has 1 aliphatic rings. The second-order valence-corrected chi connectivity index (χ2v) is 2.37. The fourth-order valence-corrected chi connectivity index (χ4v) is 1.02. The highest BCUT2D eigenvalue weighted by Gasteiger charge is 2.14. The molecule has 1 aliphatic carbocycles. The van der Waals surface area contributed by atoms with E-state index >= 15 is 0 Å². The van der Waals surface area contributed by atoms with Gasteiger partial charge >= 0.3 is 0 Å². The lowest BCUT2D eigenvalue weighted by molar-refractivity contribution is 0.298. The molecule has 0 bridgehead atoms. The molecule has 40 valence electrons. The highest BCUT2D eigenvalue weighted by Crippen LogP contribution is 2.29. The number of rotatable bonds is 2. The van der Waals surface area contributed by atoms with E-state index in [1.807, 2.05) is 0 Å². The van der Waals surface area contributed by atoms with E-state index in [2.05, 4.69) is 0 Å². The maximum absolute atomic E-state index is 5.34. The Morgan fingerprint density at radius 3 is 2.29 bits per heavy atom. The van der Waals surface area contributed by atoms with Crippen LogP contribution in [0.3, 0.4) is 0 Å². The first-order chi connectivity index (χ1) is 3.43. The average Bonchev–Trinajstić information content (AvgIpc) is 1.55. The van der Waals surface area contributed by atoms with Crippen LogP contribution in [0, 0.1) is 12.8 Å². The fourth-order valence-electron chi connectivity index (χ4n) is 1.02. The van der Waals surface area contributed by atoms with Gasteiger partial charge in [-0.2, -0.15) is 0 Å². The van der Waals surface area contributed by atoms with Crippen LogP contribution in [0.2, 0.25) is 0 Å². The maximum atomic E-state index is 5.34. The summed E-state index contributed by atoms with van der Waals surface area (Å²) in [5.41, 5.74) is 0. The van der Waals surface area contributed by atoms with Crippen molar-refractivity contribution in [3.8, 4) is 0 Å². The standard InChI is InChI=1S/C7H12/c1-2-4-7-5-3-6-7/h1,7H,2-6H2. The molecule has 0 heterocycles. The topological polar surface area (TPSA) is 0 Å². The van der Waals surface area contributed by atoms with Crippen LogP contribution in [-0.4, -0.2) is 0 Å². The second kappa shape index (κ2) is 2.34. The smallest absolute Gasteiger partial charge is 0.0352 e. The van der Waals surface area contributed by atoms with E-state index in [-0.39, 0.29) is 0 Å². The monoisotopic (exact) mass is 96.1 g/mol. The fraction of sp³-hybridized carbons (Fsp3) is 0.857. The summed E-state index contributed by atoms with van der Waals surface area (Å²) in [6.07, 6.45) is 6.49. The Bertz CT molecular complexity index is 44.0. The van der Waals surface area contributed by atoms with Gasteiger partial charge in [0.15, 0.2) is 0 Å². The first kappa shape index (κ1) is 5.14. The molecule has 0 heteroatoms. The molecule has 0 aromatic heterocycles. The lowest BCUT2D eigenvalue weighted by Crippen LogP contribution is -2.09. The molecule has 0 atom stereocenters. The molecule has 0 aromatic rings. The van der Waals surface area contributed by atoms with Crippen LogP contribution in [-0.2, 0) is 0 Å². The number of hydrogen-bond donors (Lipinski definition) is 0. The van der Waals surface area contributed by atoms with Crippen LogP contribution < -0.4 is 0 Å². The molecule has 0 saturated heterocycles. The minimum atomic E-state index is 0.894. The normalized spacial score (nSPS) is 21.9. The van der Waals surface area contributed by atoms with Crippen LogP contribution in [0.5, 0.6) is 0 Å². The highest BCUT2D eigenvalue weighted by atomic mass is 14.2. The van der Waals surface area contributed by atoms with Crippen molar-refractivity contribution in [2.75, 3.05) is 0 Å². The van der Waals surface area contributed by atoms with Crippen molar-refractivity contribution >= 4 is 0 Å². The van der Waals surface area contributed by atoms with E-state index in [1.165, 1.54) is 25.7 Å². The zero-order chi connectivity index (χ0) is 5.11. The summed E-state index contributed by atoms with van der Waals surface area (Å²) in [6.45, 7) is 5.34. The van der Waals surface area contributed by atoms with Crippen LogP contribution in [0.15, 0.2) is 0 Å². The van der Waals surface area contributed by atoms with Gasteiger partial charge in [-0.25, -0.2) is 0 Å². The Morgan fingerprint density at radius 1 is 1.43 bits per heavy atom. The van der Waals surface area contributed by atoms with E-state index < -0.39 is 0 Å². The predicted octanol–water partition coefficient (Wildman–Crippen LogP) is 2.28. The molecule has 1 saturated carbocycles. The first-order valence-corrected chi connectivity index (χ1v) is 3.13. The quantitative estimate of drug-likeness (QED) is 0.494. The molecular formula is C7H12. The van der Waals surface area contributed by atoms with Gasteiger partial charge in [-0.3, -0.25) is 0 Å². The first-order valence-electron chi connectivity index (χ1n) is 3.13. The van der Waals surface area contributed by atoms with Crippen LogP contribution in [0.1, 0.15) is 32.1 Å². The summed E-state index contributed by atoms with van der Waals surface area (Å²) in [5.74, 6) is 1.00. The third-order valence-electron chi connectivity index (χ3n) is 1.80. The molecule has 0 unspecified atom stereocenters. The number of hydrogen-bond acceptors (Lipinski definition) is 0.